The normalized spacial score (nSPS) is 11.5. The molecular weight excluding hydrogens is 370 g/mol. The van der Waals surface area contributed by atoms with E-state index in [4.69, 9.17) is 11.6 Å². The maximum Gasteiger partial charge on any atom is 0.269 e. The minimum atomic E-state index is -0.470. The number of hydrogen-bond donors (Lipinski definition) is 1. The Balaban J connectivity index is 1.91. The highest BCUT2D eigenvalue weighted by Crippen LogP contribution is 2.23. The number of halogens is 1. The highest BCUT2D eigenvalue weighted by atomic mass is 35.5. The fourth-order valence-electron chi connectivity index (χ4n) is 2.54. The first-order valence-corrected chi connectivity index (χ1v) is 8.71. The minimum Gasteiger partial charge on any atom is -0.351 e. The van der Waals surface area contributed by atoms with Gasteiger partial charge >= 0.3 is 0 Å². The molecule has 0 heterocycles. The van der Waals surface area contributed by atoms with Gasteiger partial charge in [-0.1, -0.05) is 35.9 Å². The third kappa shape index (κ3) is 5.27. The summed E-state index contributed by atoms with van der Waals surface area (Å²) < 4.78 is 0. The fourth-order valence-corrected chi connectivity index (χ4v) is 2.76. The van der Waals surface area contributed by atoms with Gasteiger partial charge in [-0.15, -0.1) is 0 Å². The average Bonchev–Trinajstić information content (AvgIpc) is 2.67. The number of carbonyl (C=O) groups excluding carboxylic acids is 2. The predicted octanol–water partition coefficient (Wildman–Crippen LogP) is 3.59. The summed E-state index contributed by atoms with van der Waals surface area (Å²) in [5.41, 5.74) is 0.997. The summed E-state index contributed by atoms with van der Waals surface area (Å²) in [6, 6.07) is 12.5. The Morgan fingerprint density at radius 2 is 1.93 bits per heavy atom. The molecule has 8 heteroatoms. The monoisotopic (exact) mass is 389 g/mol. The van der Waals surface area contributed by atoms with Crippen molar-refractivity contribution in [1.82, 2.24) is 10.2 Å². The van der Waals surface area contributed by atoms with E-state index in [0.29, 0.717) is 16.1 Å². The van der Waals surface area contributed by atoms with E-state index in [0.717, 1.165) is 0 Å². The first-order valence-electron chi connectivity index (χ1n) is 8.34. The van der Waals surface area contributed by atoms with Crippen LogP contribution in [-0.2, 0) is 4.79 Å². The molecule has 0 saturated carbocycles. The largest absolute Gasteiger partial charge is 0.351 e. The van der Waals surface area contributed by atoms with E-state index in [-0.39, 0.29) is 36.5 Å². The van der Waals surface area contributed by atoms with Gasteiger partial charge in [0.25, 0.3) is 11.6 Å². The molecule has 142 valence electrons. The number of amides is 2. The van der Waals surface area contributed by atoms with E-state index in [2.05, 4.69) is 5.32 Å². The van der Waals surface area contributed by atoms with Crippen LogP contribution in [0.5, 0.6) is 0 Å². The van der Waals surface area contributed by atoms with Crippen LogP contribution in [0, 0.1) is 10.1 Å². The summed E-state index contributed by atoms with van der Waals surface area (Å²) in [5.74, 6) is -0.531. The molecular formula is C19H20ClN3O4. The van der Waals surface area contributed by atoms with E-state index in [1.54, 1.807) is 50.4 Å². The summed E-state index contributed by atoms with van der Waals surface area (Å²) in [6.45, 7) is 1.95. The number of nitro groups is 1. The van der Waals surface area contributed by atoms with Gasteiger partial charge in [0.15, 0.2) is 0 Å². The molecule has 0 saturated heterocycles. The highest BCUT2D eigenvalue weighted by Gasteiger charge is 2.19. The van der Waals surface area contributed by atoms with Crippen LogP contribution in [0.4, 0.5) is 5.69 Å². The smallest absolute Gasteiger partial charge is 0.269 e. The van der Waals surface area contributed by atoms with Crippen molar-refractivity contribution in [2.75, 3.05) is 13.6 Å². The van der Waals surface area contributed by atoms with Crippen molar-refractivity contribution in [2.45, 2.75) is 19.4 Å². The Morgan fingerprint density at radius 3 is 2.59 bits per heavy atom. The molecule has 0 aliphatic carbocycles. The SMILES string of the molecule is C[C@@H](c1cccc([N+](=O)[O-])c1)N(C)C(=O)CCNC(=O)c1ccccc1Cl. The van der Waals surface area contributed by atoms with Crippen LogP contribution in [-0.4, -0.2) is 35.2 Å². The van der Waals surface area contributed by atoms with Gasteiger partial charge in [-0.05, 0) is 24.6 Å². The summed E-state index contributed by atoms with van der Waals surface area (Å²) in [7, 11) is 1.63. The molecule has 1 N–H and O–H groups in total. The third-order valence-electron chi connectivity index (χ3n) is 4.28. The molecule has 27 heavy (non-hydrogen) atoms. The number of rotatable bonds is 7. The second-order valence-electron chi connectivity index (χ2n) is 6.02. The summed E-state index contributed by atoms with van der Waals surface area (Å²) in [6.07, 6.45) is 0.103. The first-order chi connectivity index (χ1) is 12.8. The molecule has 0 spiro atoms. The summed E-state index contributed by atoms with van der Waals surface area (Å²) in [5, 5.41) is 13.9. The molecule has 2 aromatic rings. The Hall–Kier alpha value is -2.93. The summed E-state index contributed by atoms with van der Waals surface area (Å²) >= 11 is 5.97. The van der Waals surface area contributed by atoms with E-state index < -0.39 is 4.92 Å². The maximum absolute atomic E-state index is 12.4. The molecule has 7 nitrogen and oxygen atoms in total. The standard InChI is InChI=1S/C19H20ClN3O4/c1-13(14-6-5-7-15(12-14)23(26)27)22(2)18(24)10-11-21-19(25)16-8-3-4-9-17(16)20/h3-9,12-13H,10-11H2,1-2H3,(H,21,25)/t13-/m0/s1. The molecule has 2 amide bonds. The quantitative estimate of drug-likeness (QED) is 0.578. The lowest BCUT2D eigenvalue weighted by Crippen LogP contribution is -2.33. The molecule has 0 aromatic heterocycles. The van der Waals surface area contributed by atoms with Crippen LogP contribution >= 0.6 is 11.6 Å². The van der Waals surface area contributed by atoms with Gasteiger partial charge in [0.2, 0.25) is 5.91 Å². The molecule has 0 bridgehead atoms. The van der Waals surface area contributed by atoms with Crippen molar-refractivity contribution in [3.8, 4) is 0 Å². The molecule has 0 fully saturated rings. The number of nitrogens with zero attached hydrogens (tertiary/aromatic N) is 2. The van der Waals surface area contributed by atoms with Crippen molar-refractivity contribution in [3.63, 3.8) is 0 Å². The first kappa shape index (κ1) is 20.4. The molecule has 2 rings (SSSR count). The Morgan fingerprint density at radius 1 is 1.22 bits per heavy atom. The number of nitrogens with one attached hydrogen (secondary N) is 1. The van der Waals surface area contributed by atoms with Crippen molar-refractivity contribution in [1.29, 1.82) is 0 Å². The number of benzene rings is 2. The van der Waals surface area contributed by atoms with Gasteiger partial charge in [-0.2, -0.15) is 0 Å². The number of nitro benzene ring substituents is 1. The van der Waals surface area contributed by atoms with Crippen molar-refractivity contribution in [3.05, 3.63) is 74.8 Å². The lowest BCUT2D eigenvalue weighted by molar-refractivity contribution is -0.384. The zero-order valence-corrected chi connectivity index (χ0v) is 15.8. The molecule has 2 aromatic carbocycles. The van der Waals surface area contributed by atoms with Crippen LogP contribution in [0.15, 0.2) is 48.5 Å². The van der Waals surface area contributed by atoms with Crippen LogP contribution in [0.1, 0.15) is 35.3 Å². The number of non-ortho nitro benzene ring substituents is 1. The average molecular weight is 390 g/mol. The lowest BCUT2D eigenvalue weighted by atomic mass is 10.1. The van der Waals surface area contributed by atoms with E-state index in [1.807, 2.05) is 0 Å². The van der Waals surface area contributed by atoms with Crippen molar-refractivity contribution in [2.24, 2.45) is 0 Å². The van der Waals surface area contributed by atoms with Crippen molar-refractivity contribution < 1.29 is 14.5 Å². The van der Waals surface area contributed by atoms with Crippen LogP contribution < -0.4 is 5.32 Å². The molecule has 1 atom stereocenters. The summed E-state index contributed by atoms with van der Waals surface area (Å²) in [4.78, 5) is 36.4. The van der Waals surface area contributed by atoms with Gasteiger partial charge in [0.05, 0.1) is 21.6 Å². The van der Waals surface area contributed by atoms with Crippen LogP contribution in [0.2, 0.25) is 5.02 Å². The maximum atomic E-state index is 12.4. The van der Waals surface area contributed by atoms with E-state index in [1.165, 1.54) is 17.0 Å². The third-order valence-corrected chi connectivity index (χ3v) is 4.61. The number of carbonyl (C=O) groups is 2. The van der Waals surface area contributed by atoms with Gasteiger partial charge in [-0.3, -0.25) is 19.7 Å². The Kier molecular flexibility index (Phi) is 6.90. The molecule has 0 aliphatic heterocycles. The Labute approximate surface area is 162 Å². The molecule has 0 aliphatic rings. The Bertz CT molecular complexity index is 856. The zero-order chi connectivity index (χ0) is 20.0. The van der Waals surface area contributed by atoms with Crippen LogP contribution in [0.25, 0.3) is 0 Å². The zero-order valence-electron chi connectivity index (χ0n) is 15.0. The van der Waals surface area contributed by atoms with Gasteiger partial charge in [0.1, 0.15) is 0 Å². The van der Waals surface area contributed by atoms with E-state index in [9.17, 15) is 19.7 Å². The lowest BCUT2D eigenvalue weighted by Gasteiger charge is -2.25. The van der Waals surface area contributed by atoms with Gasteiger partial charge < -0.3 is 10.2 Å². The highest BCUT2D eigenvalue weighted by molar-refractivity contribution is 6.33. The second kappa shape index (κ2) is 9.14. The van der Waals surface area contributed by atoms with Gasteiger partial charge in [0, 0.05) is 32.1 Å². The van der Waals surface area contributed by atoms with Crippen molar-refractivity contribution >= 4 is 29.1 Å². The second-order valence-corrected chi connectivity index (χ2v) is 6.43. The van der Waals surface area contributed by atoms with E-state index >= 15 is 0 Å². The van der Waals surface area contributed by atoms with Crippen LogP contribution in [0.3, 0.4) is 0 Å². The topological polar surface area (TPSA) is 92.6 Å². The predicted molar refractivity (Wildman–Crippen MR) is 103 cm³/mol. The minimum absolute atomic E-state index is 0.0211. The number of hydrogen-bond acceptors (Lipinski definition) is 4. The molecule has 0 unspecified atom stereocenters. The molecule has 0 radical (unpaired) electrons. The van der Waals surface area contributed by atoms with Gasteiger partial charge in [-0.25, -0.2) is 0 Å². The fraction of sp³-hybridized carbons (Fsp3) is 0.263.